The zero-order valence-corrected chi connectivity index (χ0v) is 13.7. The van der Waals surface area contributed by atoms with Gasteiger partial charge in [-0.1, -0.05) is 0 Å². The van der Waals surface area contributed by atoms with Crippen LogP contribution >= 0.6 is 11.5 Å². The van der Waals surface area contributed by atoms with Gasteiger partial charge >= 0.3 is 0 Å². The van der Waals surface area contributed by atoms with E-state index in [2.05, 4.69) is 15.0 Å². The van der Waals surface area contributed by atoms with Gasteiger partial charge in [-0.3, -0.25) is 4.79 Å². The van der Waals surface area contributed by atoms with Crippen molar-refractivity contribution in [1.29, 1.82) is 0 Å². The van der Waals surface area contributed by atoms with Crippen molar-refractivity contribution >= 4 is 17.4 Å². The quantitative estimate of drug-likeness (QED) is 0.905. The molecule has 4 rings (SSSR count). The SMILES string of the molecule is Cc1cc(Oc2ccc(C(=O)N[C@@H]3C[C@H]4CC[C@@H]3N4)cc2)ns1. The standard InChI is InChI=1S/C17H19N3O2S/c1-10-8-16(20-23-10)22-13-5-2-11(3-6-13)17(21)19-15-9-12-4-7-14(15)18-12/h2-3,5-6,8,12,14-15,18H,4,7,9H2,1H3,(H,19,21)/t12-,14+,15-/m1/s1. The van der Waals surface area contributed by atoms with Crippen LogP contribution in [0.15, 0.2) is 30.3 Å². The van der Waals surface area contributed by atoms with Crippen molar-refractivity contribution < 1.29 is 9.53 Å². The Kier molecular flexibility index (Phi) is 3.79. The molecule has 2 aliphatic rings. The summed E-state index contributed by atoms with van der Waals surface area (Å²) in [4.78, 5) is 13.5. The van der Waals surface area contributed by atoms with Crippen molar-refractivity contribution in [2.45, 2.75) is 44.3 Å². The number of rotatable bonds is 4. The van der Waals surface area contributed by atoms with E-state index >= 15 is 0 Å². The third-order valence-electron chi connectivity index (χ3n) is 4.56. The smallest absolute Gasteiger partial charge is 0.251 e. The van der Waals surface area contributed by atoms with E-state index in [-0.39, 0.29) is 11.9 Å². The van der Waals surface area contributed by atoms with Crippen molar-refractivity contribution in [2.75, 3.05) is 0 Å². The van der Waals surface area contributed by atoms with Gasteiger partial charge in [0.15, 0.2) is 0 Å². The molecule has 0 aliphatic carbocycles. The molecule has 3 atom stereocenters. The van der Waals surface area contributed by atoms with Gasteiger partial charge in [0, 0.05) is 34.6 Å². The maximum Gasteiger partial charge on any atom is 0.251 e. The van der Waals surface area contributed by atoms with Crippen LogP contribution in [0.3, 0.4) is 0 Å². The first kappa shape index (κ1) is 14.7. The molecule has 0 spiro atoms. The molecule has 2 bridgehead atoms. The van der Waals surface area contributed by atoms with E-state index in [4.69, 9.17) is 4.74 Å². The lowest BCUT2D eigenvalue weighted by Gasteiger charge is -2.21. The summed E-state index contributed by atoms with van der Waals surface area (Å²) in [6.07, 6.45) is 3.44. The lowest BCUT2D eigenvalue weighted by atomic mass is 9.95. The molecule has 0 radical (unpaired) electrons. The molecule has 2 aromatic rings. The van der Waals surface area contributed by atoms with Gasteiger partial charge in [0.2, 0.25) is 5.88 Å². The number of carbonyl (C=O) groups is 1. The fourth-order valence-corrected chi connectivity index (χ4v) is 3.90. The van der Waals surface area contributed by atoms with Crippen LogP contribution < -0.4 is 15.4 Å². The highest BCUT2D eigenvalue weighted by Gasteiger charge is 2.39. The molecular weight excluding hydrogens is 310 g/mol. The van der Waals surface area contributed by atoms with Crippen LogP contribution in [0.2, 0.25) is 0 Å². The average Bonchev–Trinajstić information content (AvgIpc) is 3.25. The Morgan fingerprint density at radius 1 is 1.35 bits per heavy atom. The zero-order chi connectivity index (χ0) is 15.8. The number of nitrogens with zero attached hydrogens (tertiary/aromatic N) is 1. The Morgan fingerprint density at radius 2 is 2.17 bits per heavy atom. The second-order valence-electron chi connectivity index (χ2n) is 6.27. The molecule has 5 nitrogen and oxygen atoms in total. The summed E-state index contributed by atoms with van der Waals surface area (Å²) < 4.78 is 9.86. The van der Waals surface area contributed by atoms with Gasteiger partial charge in [-0.2, -0.15) is 4.37 Å². The van der Waals surface area contributed by atoms with Crippen molar-refractivity contribution in [2.24, 2.45) is 0 Å². The van der Waals surface area contributed by atoms with E-state index in [9.17, 15) is 4.79 Å². The first-order valence-electron chi connectivity index (χ1n) is 7.95. The minimum absolute atomic E-state index is 0.0135. The van der Waals surface area contributed by atoms with Crippen LogP contribution in [0.25, 0.3) is 0 Å². The third kappa shape index (κ3) is 3.09. The van der Waals surface area contributed by atoms with Gasteiger partial charge in [-0.25, -0.2) is 0 Å². The molecule has 23 heavy (non-hydrogen) atoms. The predicted octanol–water partition coefficient (Wildman–Crippen LogP) is 2.87. The van der Waals surface area contributed by atoms with Gasteiger partial charge in [0.05, 0.1) is 0 Å². The Morgan fingerprint density at radius 3 is 2.78 bits per heavy atom. The maximum atomic E-state index is 12.4. The van der Waals surface area contributed by atoms with Crippen LogP contribution in [-0.4, -0.2) is 28.4 Å². The fraction of sp³-hybridized carbons (Fsp3) is 0.412. The first-order valence-corrected chi connectivity index (χ1v) is 8.73. The number of aryl methyl sites for hydroxylation is 1. The fourth-order valence-electron chi connectivity index (χ4n) is 3.42. The van der Waals surface area contributed by atoms with Crippen LogP contribution in [0.5, 0.6) is 11.6 Å². The van der Waals surface area contributed by atoms with Gasteiger partial charge < -0.3 is 15.4 Å². The highest BCUT2D eigenvalue weighted by atomic mass is 32.1. The lowest BCUT2D eigenvalue weighted by Crippen LogP contribution is -2.42. The Hall–Kier alpha value is -1.92. The molecule has 3 heterocycles. The van der Waals surface area contributed by atoms with Gasteiger partial charge in [-0.15, -0.1) is 0 Å². The van der Waals surface area contributed by atoms with Crippen molar-refractivity contribution in [3.8, 4) is 11.6 Å². The molecule has 120 valence electrons. The third-order valence-corrected chi connectivity index (χ3v) is 5.24. The van der Waals surface area contributed by atoms with E-state index < -0.39 is 0 Å². The molecule has 2 N–H and O–H groups in total. The molecule has 2 fully saturated rings. The van der Waals surface area contributed by atoms with E-state index in [0.29, 0.717) is 29.3 Å². The average molecular weight is 329 g/mol. The molecule has 1 amide bonds. The number of aromatic nitrogens is 1. The highest BCUT2D eigenvalue weighted by molar-refractivity contribution is 7.05. The number of benzene rings is 1. The summed E-state index contributed by atoms with van der Waals surface area (Å²) in [5.41, 5.74) is 0.662. The van der Waals surface area contributed by atoms with Gasteiger partial charge in [0.1, 0.15) is 5.75 Å². The Labute approximate surface area is 139 Å². The Bertz CT molecular complexity index is 713. The summed E-state index contributed by atoms with van der Waals surface area (Å²) >= 11 is 1.41. The van der Waals surface area contributed by atoms with E-state index in [1.807, 2.05) is 25.1 Å². The molecule has 6 heteroatoms. The molecule has 1 aromatic heterocycles. The molecule has 0 unspecified atom stereocenters. The number of hydrogen-bond acceptors (Lipinski definition) is 5. The normalized spacial score (nSPS) is 25.5. The van der Waals surface area contributed by atoms with Crippen LogP contribution in [0, 0.1) is 6.92 Å². The van der Waals surface area contributed by atoms with Crippen molar-refractivity contribution in [1.82, 2.24) is 15.0 Å². The molecule has 0 saturated carbocycles. The predicted molar refractivity (Wildman–Crippen MR) is 89.2 cm³/mol. The summed E-state index contributed by atoms with van der Waals surface area (Å²) in [6.45, 7) is 1.99. The van der Waals surface area contributed by atoms with E-state index in [1.54, 1.807) is 12.1 Å². The minimum atomic E-state index is -0.0135. The van der Waals surface area contributed by atoms with E-state index in [0.717, 1.165) is 17.7 Å². The molecular formula is C17H19N3O2S. The summed E-state index contributed by atoms with van der Waals surface area (Å²) in [5, 5.41) is 6.68. The highest BCUT2D eigenvalue weighted by Crippen LogP contribution is 2.28. The molecule has 2 saturated heterocycles. The largest absolute Gasteiger partial charge is 0.438 e. The second kappa shape index (κ2) is 5.94. The number of amides is 1. The van der Waals surface area contributed by atoms with Crippen LogP contribution in [-0.2, 0) is 0 Å². The second-order valence-corrected chi connectivity index (χ2v) is 7.27. The molecule has 1 aromatic carbocycles. The topological polar surface area (TPSA) is 63.2 Å². The number of hydrogen-bond donors (Lipinski definition) is 2. The van der Waals surface area contributed by atoms with Crippen molar-refractivity contribution in [3.05, 3.63) is 40.8 Å². The maximum absolute atomic E-state index is 12.4. The summed E-state index contributed by atoms with van der Waals surface area (Å²) in [6, 6.07) is 10.4. The number of ether oxygens (including phenoxy) is 1. The van der Waals surface area contributed by atoms with E-state index in [1.165, 1.54) is 18.0 Å². The Balaban J connectivity index is 1.38. The monoisotopic (exact) mass is 329 g/mol. The molecule has 2 aliphatic heterocycles. The van der Waals surface area contributed by atoms with Crippen LogP contribution in [0.1, 0.15) is 34.5 Å². The summed E-state index contributed by atoms with van der Waals surface area (Å²) in [5.74, 6) is 1.27. The number of fused-ring (bicyclic) bond motifs is 2. The first-order chi connectivity index (χ1) is 11.2. The summed E-state index contributed by atoms with van der Waals surface area (Å²) in [7, 11) is 0. The number of nitrogens with one attached hydrogen (secondary N) is 2. The minimum Gasteiger partial charge on any atom is -0.438 e. The van der Waals surface area contributed by atoms with Gasteiger partial charge in [0.25, 0.3) is 5.91 Å². The lowest BCUT2D eigenvalue weighted by molar-refractivity contribution is 0.0931. The van der Waals surface area contributed by atoms with Crippen LogP contribution in [0.4, 0.5) is 0 Å². The van der Waals surface area contributed by atoms with Crippen molar-refractivity contribution in [3.63, 3.8) is 0 Å². The van der Waals surface area contributed by atoms with Gasteiger partial charge in [-0.05, 0) is 62.0 Å². The number of carbonyl (C=O) groups excluding carboxylic acids is 1. The zero-order valence-electron chi connectivity index (χ0n) is 12.9.